The van der Waals surface area contributed by atoms with Gasteiger partial charge in [-0.1, -0.05) is 43.8 Å². The van der Waals surface area contributed by atoms with E-state index in [0.717, 1.165) is 0 Å². The lowest BCUT2D eigenvalue weighted by molar-refractivity contribution is 0.0948. The Hall–Kier alpha value is -3.27. The summed E-state index contributed by atoms with van der Waals surface area (Å²) in [5.74, 6) is 2.00. The molecule has 8 nitrogen and oxygen atoms in total. The number of methoxy groups -OCH3 is 3. The zero-order valence-electron chi connectivity index (χ0n) is 19.9. The van der Waals surface area contributed by atoms with Crippen LogP contribution in [0.2, 0.25) is 0 Å². The molecule has 3 aromatic rings. The summed E-state index contributed by atoms with van der Waals surface area (Å²) in [7, 11) is 4.49. The van der Waals surface area contributed by atoms with Crippen molar-refractivity contribution >= 4 is 17.7 Å². The fourth-order valence-corrected chi connectivity index (χ4v) is 4.29. The Kier molecular flexibility index (Phi) is 8.75. The van der Waals surface area contributed by atoms with E-state index in [9.17, 15) is 9.18 Å². The maximum Gasteiger partial charge on any atom is 0.251 e. The third kappa shape index (κ3) is 5.99. The molecule has 10 heteroatoms. The number of ether oxygens (including phenoxy) is 3. The largest absolute Gasteiger partial charge is 0.493 e. The number of amides is 1. The second-order valence-corrected chi connectivity index (χ2v) is 8.82. The van der Waals surface area contributed by atoms with Crippen molar-refractivity contribution in [3.05, 3.63) is 59.2 Å². The van der Waals surface area contributed by atoms with Crippen molar-refractivity contribution in [2.24, 2.45) is 5.92 Å². The average Bonchev–Trinajstić information content (AvgIpc) is 3.21. The Morgan fingerprint density at radius 3 is 2.35 bits per heavy atom. The SMILES string of the molecule is COc1cc(C(=O)NCc2nnc(SCc3ccccc3F)n2CC(C)C)cc(OC)c1OC. The summed E-state index contributed by atoms with van der Waals surface area (Å²) < 4.78 is 31.9. The Labute approximate surface area is 202 Å². The third-order valence-electron chi connectivity index (χ3n) is 4.99. The molecule has 3 rings (SSSR count). The lowest BCUT2D eigenvalue weighted by atomic mass is 10.1. The van der Waals surface area contributed by atoms with E-state index in [1.54, 1.807) is 24.3 Å². The fourth-order valence-electron chi connectivity index (χ4n) is 3.34. The highest BCUT2D eigenvalue weighted by molar-refractivity contribution is 7.98. The molecule has 1 N–H and O–H groups in total. The topological polar surface area (TPSA) is 87.5 Å². The first-order valence-corrected chi connectivity index (χ1v) is 11.7. The number of thioether (sulfide) groups is 1. The van der Waals surface area contributed by atoms with Crippen molar-refractivity contribution in [2.45, 2.75) is 37.8 Å². The van der Waals surface area contributed by atoms with Gasteiger partial charge >= 0.3 is 0 Å². The maximum absolute atomic E-state index is 14.0. The molecule has 1 heterocycles. The zero-order valence-corrected chi connectivity index (χ0v) is 20.7. The maximum atomic E-state index is 14.0. The van der Waals surface area contributed by atoms with Crippen LogP contribution in [0.3, 0.4) is 0 Å². The lowest BCUT2D eigenvalue weighted by Gasteiger charge is -2.15. The van der Waals surface area contributed by atoms with Gasteiger partial charge in [0.1, 0.15) is 5.82 Å². The molecule has 0 saturated heterocycles. The van der Waals surface area contributed by atoms with Crippen molar-refractivity contribution in [2.75, 3.05) is 21.3 Å². The summed E-state index contributed by atoms with van der Waals surface area (Å²) in [6.07, 6.45) is 0. The van der Waals surface area contributed by atoms with Crippen molar-refractivity contribution in [1.29, 1.82) is 0 Å². The van der Waals surface area contributed by atoms with Gasteiger partial charge in [-0.2, -0.15) is 0 Å². The molecular weight excluding hydrogens is 459 g/mol. The predicted molar refractivity (Wildman–Crippen MR) is 128 cm³/mol. The van der Waals surface area contributed by atoms with Crippen molar-refractivity contribution in [1.82, 2.24) is 20.1 Å². The molecule has 1 amide bonds. The van der Waals surface area contributed by atoms with E-state index in [1.165, 1.54) is 39.2 Å². The minimum Gasteiger partial charge on any atom is -0.493 e. The number of nitrogens with zero attached hydrogens (tertiary/aromatic N) is 3. The summed E-state index contributed by atoms with van der Waals surface area (Å²) in [6, 6.07) is 9.85. The minimum absolute atomic E-state index is 0.176. The number of aromatic nitrogens is 3. The standard InChI is InChI=1S/C24H29FN4O4S/c1-15(2)13-29-21(27-28-24(29)34-14-16-8-6-7-9-18(16)25)12-26-23(30)17-10-19(31-3)22(33-5)20(11-17)32-4/h6-11,15H,12-14H2,1-5H3,(H,26,30). The van der Waals surface area contributed by atoms with Crippen LogP contribution in [-0.2, 0) is 18.8 Å². The van der Waals surface area contributed by atoms with Crippen LogP contribution in [0.25, 0.3) is 0 Å². The average molecular weight is 489 g/mol. The Morgan fingerprint density at radius 1 is 1.09 bits per heavy atom. The lowest BCUT2D eigenvalue weighted by Crippen LogP contribution is -2.25. The van der Waals surface area contributed by atoms with Gasteiger partial charge in [-0.25, -0.2) is 4.39 Å². The zero-order chi connectivity index (χ0) is 24.7. The van der Waals surface area contributed by atoms with Gasteiger partial charge in [0.25, 0.3) is 5.91 Å². The molecule has 0 aliphatic rings. The van der Waals surface area contributed by atoms with Crippen molar-refractivity contribution in [3.8, 4) is 17.2 Å². The van der Waals surface area contributed by atoms with Gasteiger partial charge < -0.3 is 24.1 Å². The normalized spacial score (nSPS) is 10.9. The summed E-state index contributed by atoms with van der Waals surface area (Å²) >= 11 is 1.41. The van der Waals surface area contributed by atoms with Crippen LogP contribution in [0.5, 0.6) is 17.2 Å². The molecule has 2 aromatic carbocycles. The molecule has 0 unspecified atom stereocenters. The molecule has 182 valence electrons. The van der Waals surface area contributed by atoms with Crippen LogP contribution in [0, 0.1) is 11.7 Å². The number of nitrogens with one attached hydrogen (secondary N) is 1. The first-order chi connectivity index (χ1) is 16.4. The number of hydrogen-bond donors (Lipinski definition) is 1. The van der Waals surface area contributed by atoms with E-state index in [0.29, 0.717) is 57.6 Å². The molecule has 0 bridgehead atoms. The molecule has 0 spiro atoms. The summed E-state index contributed by atoms with van der Waals surface area (Å²) in [5.41, 5.74) is 0.961. The third-order valence-corrected chi connectivity index (χ3v) is 6.01. The van der Waals surface area contributed by atoms with Gasteiger partial charge in [-0.3, -0.25) is 4.79 Å². The van der Waals surface area contributed by atoms with Gasteiger partial charge in [0.05, 0.1) is 27.9 Å². The molecular formula is C24H29FN4O4S. The molecule has 0 saturated carbocycles. The van der Waals surface area contributed by atoms with Gasteiger partial charge in [0.15, 0.2) is 22.5 Å². The van der Waals surface area contributed by atoms with Gasteiger partial charge in [0.2, 0.25) is 5.75 Å². The summed E-state index contributed by atoms with van der Waals surface area (Å²) in [6.45, 7) is 5.02. The summed E-state index contributed by atoms with van der Waals surface area (Å²) in [5, 5.41) is 12.1. The number of rotatable bonds is 11. The molecule has 0 atom stereocenters. The second-order valence-electron chi connectivity index (χ2n) is 7.88. The van der Waals surface area contributed by atoms with Gasteiger partial charge in [-0.05, 0) is 29.7 Å². The molecule has 0 aliphatic carbocycles. The Bertz CT molecular complexity index is 1110. The number of carbonyl (C=O) groups is 1. The van der Waals surface area contributed by atoms with E-state index in [2.05, 4.69) is 29.4 Å². The van der Waals surface area contributed by atoms with Crippen LogP contribution < -0.4 is 19.5 Å². The van der Waals surface area contributed by atoms with Crippen LogP contribution in [-0.4, -0.2) is 42.0 Å². The van der Waals surface area contributed by atoms with Crippen LogP contribution in [0.4, 0.5) is 4.39 Å². The van der Waals surface area contributed by atoms with E-state index in [-0.39, 0.29) is 18.3 Å². The number of carbonyl (C=O) groups excluding carboxylic acids is 1. The highest BCUT2D eigenvalue weighted by Crippen LogP contribution is 2.38. The monoisotopic (exact) mass is 488 g/mol. The van der Waals surface area contributed by atoms with E-state index in [4.69, 9.17) is 14.2 Å². The molecule has 1 aromatic heterocycles. The molecule has 34 heavy (non-hydrogen) atoms. The number of benzene rings is 2. The Balaban J connectivity index is 1.76. The first-order valence-electron chi connectivity index (χ1n) is 10.7. The highest BCUT2D eigenvalue weighted by Gasteiger charge is 2.19. The smallest absolute Gasteiger partial charge is 0.251 e. The highest BCUT2D eigenvalue weighted by atomic mass is 32.2. The second kappa shape index (κ2) is 11.7. The quantitative estimate of drug-likeness (QED) is 0.402. The minimum atomic E-state index is -0.320. The van der Waals surface area contributed by atoms with Crippen molar-refractivity contribution < 1.29 is 23.4 Å². The molecule has 0 fully saturated rings. The first kappa shape index (κ1) is 25.4. The van der Waals surface area contributed by atoms with E-state index >= 15 is 0 Å². The van der Waals surface area contributed by atoms with Crippen LogP contribution in [0.15, 0.2) is 41.6 Å². The van der Waals surface area contributed by atoms with Crippen molar-refractivity contribution in [3.63, 3.8) is 0 Å². The van der Waals surface area contributed by atoms with E-state index in [1.807, 2.05) is 10.6 Å². The van der Waals surface area contributed by atoms with Crippen LogP contribution in [0.1, 0.15) is 35.6 Å². The van der Waals surface area contributed by atoms with Gasteiger partial charge in [-0.15, -0.1) is 10.2 Å². The summed E-state index contributed by atoms with van der Waals surface area (Å²) in [4.78, 5) is 12.9. The number of hydrogen-bond acceptors (Lipinski definition) is 7. The fraction of sp³-hybridized carbons (Fsp3) is 0.375. The molecule has 0 aliphatic heterocycles. The number of halogens is 1. The Morgan fingerprint density at radius 2 is 1.76 bits per heavy atom. The van der Waals surface area contributed by atoms with E-state index < -0.39 is 0 Å². The molecule has 0 radical (unpaired) electrons. The van der Waals surface area contributed by atoms with Gasteiger partial charge in [0, 0.05) is 17.9 Å². The predicted octanol–water partition coefficient (Wildman–Crippen LogP) is 4.32. The van der Waals surface area contributed by atoms with Crippen LogP contribution >= 0.6 is 11.8 Å².